The largest absolute Gasteiger partial charge is 0.325 e. The van der Waals surface area contributed by atoms with Crippen molar-refractivity contribution in [2.75, 3.05) is 11.1 Å². The molecule has 7 nitrogen and oxygen atoms in total. The number of benzene rings is 2. The predicted molar refractivity (Wildman–Crippen MR) is 123 cm³/mol. The number of hydrogen-bond donors (Lipinski definition) is 1. The first-order valence-electron chi connectivity index (χ1n) is 9.55. The number of rotatable bonds is 5. The molecule has 0 spiro atoms. The first-order chi connectivity index (χ1) is 15.1. The molecule has 0 aliphatic rings. The van der Waals surface area contributed by atoms with Crippen molar-refractivity contribution in [2.45, 2.75) is 12.1 Å². The monoisotopic (exact) mass is 448 g/mol. The lowest BCUT2D eigenvalue weighted by molar-refractivity contribution is -0.113. The molecule has 9 heteroatoms. The van der Waals surface area contributed by atoms with Gasteiger partial charge in [-0.15, -0.1) is 10.2 Å². The summed E-state index contributed by atoms with van der Waals surface area (Å²) < 4.78 is 3.66. The van der Waals surface area contributed by atoms with E-state index in [1.165, 1.54) is 17.3 Å². The summed E-state index contributed by atoms with van der Waals surface area (Å²) in [7, 11) is 0. The average molecular weight is 449 g/mol. The van der Waals surface area contributed by atoms with E-state index in [1.807, 2.05) is 22.9 Å². The third-order valence-electron chi connectivity index (χ3n) is 4.77. The molecule has 0 aliphatic heterocycles. The van der Waals surface area contributed by atoms with Crippen LogP contribution in [0.3, 0.4) is 0 Å². The second-order valence-electron chi connectivity index (χ2n) is 7.05. The smallest absolute Gasteiger partial charge is 0.234 e. The fourth-order valence-electron chi connectivity index (χ4n) is 3.25. The Labute approximate surface area is 187 Å². The van der Waals surface area contributed by atoms with E-state index in [2.05, 4.69) is 51.8 Å². The van der Waals surface area contributed by atoms with E-state index in [1.54, 1.807) is 28.8 Å². The molecular formula is C22H17ClN6OS. The minimum Gasteiger partial charge on any atom is -0.325 e. The molecule has 31 heavy (non-hydrogen) atoms. The number of aromatic nitrogens is 5. The number of amides is 1. The maximum atomic E-state index is 12.3. The lowest BCUT2D eigenvalue weighted by atomic mass is 10.1. The molecule has 0 fully saturated rings. The van der Waals surface area contributed by atoms with Crippen LogP contribution < -0.4 is 5.32 Å². The average Bonchev–Trinajstić information content (AvgIpc) is 3.36. The first kappa shape index (κ1) is 19.6. The van der Waals surface area contributed by atoms with Gasteiger partial charge in [0.2, 0.25) is 5.91 Å². The second kappa shape index (κ2) is 8.05. The Kier molecular flexibility index (Phi) is 5.09. The van der Waals surface area contributed by atoms with Crippen molar-refractivity contribution in [3.05, 3.63) is 77.6 Å². The van der Waals surface area contributed by atoms with Crippen molar-refractivity contribution in [3.8, 4) is 11.3 Å². The van der Waals surface area contributed by atoms with Gasteiger partial charge in [-0.1, -0.05) is 59.3 Å². The number of carbonyl (C=O) groups excluding carboxylic acids is 1. The zero-order chi connectivity index (χ0) is 21.4. The lowest BCUT2D eigenvalue weighted by Crippen LogP contribution is -2.14. The van der Waals surface area contributed by atoms with Gasteiger partial charge in [-0.3, -0.25) is 9.20 Å². The number of hydrogen-bond acceptors (Lipinski definition) is 5. The molecule has 0 unspecified atom stereocenters. The van der Waals surface area contributed by atoms with Crippen LogP contribution in [-0.4, -0.2) is 35.9 Å². The number of thioether (sulfide) groups is 1. The van der Waals surface area contributed by atoms with Crippen LogP contribution in [0.1, 0.15) is 5.56 Å². The standard InChI is InChI=1S/C22H17ClN6OS/c1-14-5-7-15(8-6-14)18-12-19-21-25-26-22(28(21)9-10-29(19)27-18)31-13-20(30)24-17-4-2-3-16(23)11-17/h2-12H,13H2,1H3,(H,24,30). The molecule has 0 atom stereocenters. The van der Waals surface area contributed by atoms with Gasteiger partial charge in [0.15, 0.2) is 10.8 Å². The number of halogens is 1. The van der Waals surface area contributed by atoms with Gasteiger partial charge < -0.3 is 5.32 Å². The van der Waals surface area contributed by atoms with Gasteiger partial charge in [0.25, 0.3) is 0 Å². The van der Waals surface area contributed by atoms with Gasteiger partial charge in [-0.05, 0) is 31.2 Å². The predicted octanol–water partition coefficient (Wildman–Crippen LogP) is 4.74. The van der Waals surface area contributed by atoms with Crippen molar-refractivity contribution in [1.29, 1.82) is 0 Å². The number of carbonyl (C=O) groups is 1. The van der Waals surface area contributed by atoms with Gasteiger partial charge >= 0.3 is 0 Å². The molecule has 3 aromatic heterocycles. The molecular weight excluding hydrogens is 432 g/mol. The van der Waals surface area contributed by atoms with E-state index in [0.29, 0.717) is 21.5 Å². The topological polar surface area (TPSA) is 76.6 Å². The normalized spacial score (nSPS) is 11.3. The van der Waals surface area contributed by atoms with Gasteiger partial charge in [-0.25, -0.2) is 4.52 Å². The van der Waals surface area contributed by atoms with Crippen LogP contribution in [-0.2, 0) is 4.79 Å². The van der Waals surface area contributed by atoms with E-state index < -0.39 is 0 Å². The molecule has 3 heterocycles. The van der Waals surface area contributed by atoms with Crippen molar-refractivity contribution in [3.63, 3.8) is 0 Å². The van der Waals surface area contributed by atoms with E-state index >= 15 is 0 Å². The molecule has 154 valence electrons. The molecule has 2 aromatic carbocycles. The third-order valence-corrected chi connectivity index (χ3v) is 5.95. The summed E-state index contributed by atoms with van der Waals surface area (Å²) in [5, 5.41) is 17.3. The van der Waals surface area contributed by atoms with Crippen LogP contribution in [0, 0.1) is 6.92 Å². The highest BCUT2D eigenvalue weighted by atomic mass is 35.5. The Balaban J connectivity index is 1.37. The van der Waals surface area contributed by atoms with Gasteiger partial charge in [-0.2, -0.15) is 5.10 Å². The van der Waals surface area contributed by atoms with E-state index in [-0.39, 0.29) is 11.7 Å². The van der Waals surface area contributed by atoms with E-state index in [4.69, 9.17) is 11.6 Å². The van der Waals surface area contributed by atoms with Crippen LogP contribution in [0.4, 0.5) is 5.69 Å². The van der Waals surface area contributed by atoms with Crippen LogP contribution in [0.15, 0.2) is 72.1 Å². The number of aryl methyl sites for hydroxylation is 1. The van der Waals surface area contributed by atoms with Crippen LogP contribution in [0.5, 0.6) is 0 Å². The molecule has 0 saturated carbocycles. The van der Waals surface area contributed by atoms with Gasteiger partial charge in [0.1, 0.15) is 5.52 Å². The minimum absolute atomic E-state index is 0.142. The van der Waals surface area contributed by atoms with Crippen molar-refractivity contribution in [1.82, 2.24) is 24.2 Å². The molecule has 1 amide bonds. The summed E-state index contributed by atoms with van der Waals surface area (Å²) in [6.45, 7) is 2.06. The SMILES string of the molecule is Cc1ccc(-c2cc3c4nnc(SCC(=O)Nc5cccc(Cl)c5)n4ccn3n2)cc1. The fourth-order valence-corrected chi connectivity index (χ4v) is 4.16. The molecule has 0 bridgehead atoms. The van der Waals surface area contributed by atoms with Crippen molar-refractivity contribution >= 4 is 46.1 Å². The number of fused-ring (bicyclic) bond motifs is 3. The highest BCUT2D eigenvalue weighted by Gasteiger charge is 2.14. The van der Waals surface area contributed by atoms with Gasteiger partial charge in [0.05, 0.1) is 11.4 Å². The summed E-state index contributed by atoms with van der Waals surface area (Å²) in [5.41, 5.74) is 5.31. The van der Waals surface area contributed by atoms with E-state index in [9.17, 15) is 4.79 Å². The molecule has 0 aliphatic carbocycles. The first-order valence-corrected chi connectivity index (χ1v) is 10.9. The summed E-state index contributed by atoms with van der Waals surface area (Å²) in [6, 6.07) is 17.3. The van der Waals surface area contributed by atoms with E-state index in [0.717, 1.165) is 16.8 Å². The zero-order valence-corrected chi connectivity index (χ0v) is 18.1. The van der Waals surface area contributed by atoms with Gasteiger partial charge in [0, 0.05) is 28.7 Å². The number of nitrogens with zero attached hydrogens (tertiary/aromatic N) is 5. The maximum absolute atomic E-state index is 12.3. The Hall–Kier alpha value is -3.36. The lowest BCUT2D eigenvalue weighted by Gasteiger charge is -2.05. The third kappa shape index (κ3) is 3.99. The van der Waals surface area contributed by atoms with Crippen molar-refractivity contribution in [2.24, 2.45) is 0 Å². The number of anilines is 1. The summed E-state index contributed by atoms with van der Waals surface area (Å²) in [6.07, 6.45) is 3.71. The Morgan fingerprint density at radius 3 is 2.74 bits per heavy atom. The van der Waals surface area contributed by atoms with Crippen molar-refractivity contribution < 1.29 is 4.79 Å². The molecule has 0 radical (unpaired) electrons. The summed E-state index contributed by atoms with van der Waals surface area (Å²) in [4.78, 5) is 12.3. The molecule has 1 N–H and O–H groups in total. The minimum atomic E-state index is -0.142. The fraction of sp³-hybridized carbons (Fsp3) is 0.0909. The highest BCUT2D eigenvalue weighted by molar-refractivity contribution is 7.99. The zero-order valence-electron chi connectivity index (χ0n) is 16.5. The Morgan fingerprint density at radius 1 is 1.10 bits per heavy atom. The maximum Gasteiger partial charge on any atom is 0.234 e. The molecule has 5 rings (SSSR count). The Bertz CT molecular complexity index is 1410. The highest BCUT2D eigenvalue weighted by Crippen LogP contribution is 2.24. The summed E-state index contributed by atoms with van der Waals surface area (Å²) in [5.74, 6) is 0.0583. The Morgan fingerprint density at radius 2 is 1.94 bits per heavy atom. The quantitative estimate of drug-likeness (QED) is 0.393. The second-order valence-corrected chi connectivity index (χ2v) is 8.43. The van der Waals surface area contributed by atoms with Crippen LogP contribution >= 0.6 is 23.4 Å². The van der Waals surface area contributed by atoms with Crippen LogP contribution in [0.25, 0.3) is 22.4 Å². The molecule has 0 saturated heterocycles. The number of nitrogens with one attached hydrogen (secondary N) is 1. The van der Waals surface area contributed by atoms with Crippen LogP contribution in [0.2, 0.25) is 5.02 Å². The molecule has 5 aromatic rings. The summed E-state index contributed by atoms with van der Waals surface area (Å²) >= 11 is 7.28.